The molecule has 1 amide bonds. The van der Waals surface area contributed by atoms with Crippen molar-refractivity contribution >= 4 is 11.6 Å². The molecule has 2 atom stereocenters. The Morgan fingerprint density at radius 1 is 1.12 bits per heavy atom. The lowest BCUT2D eigenvalue weighted by Crippen LogP contribution is -2.50. The van der Waals surface area contributed by atoms with Gasteiger partial charge < -0.3 is 15.4 Å². The summed E-state index contributed by atoms with van der Waals surface area (Å²) in [6.45, 7) is 2.52. The molecule has 1 fully saturated rings. The lowest BCUT2D eigenvalue weighted by atomic mass is 10.1. The number of para-hydroxylation sites is 1. The summed E-state index contributed by atoms with van der Waals surface area (Å²) in [4.78, 5) is 12.6. The predicted octanol–water partition coefficient (Wildman–Crippen LogP) is 1.29. The number of nitrogens with one attached hydrogen (secondary N) is 5. The van der Waals surface area contributed by atoms with Crippen LogP contribution in [0.3, 0.4) is 0 Å². The molecule has 2 aromatic carbocycles. The Labute approximate surface area is 153 Å². The Kier molecular flexibility index (Phi) is 6.06. The standard InChI is InChI=1S/C19H25N5O2/c1-3-13-8-10-15(11-9-13)21-18-17(22-24-23-18)19(25)20-12-14-6-4-5-7-16(14)26-2/h4-11,17-18,21-24H,3,12H2,1-2H3,(H,20,25). The van der Waals surface area contributed by atoms with Crippen LogP contribution in [0, 0.1) is 0 Å². The summed E-state index contributed by atoms with van der Waals surface area (Å²) in [5.41, 5.74) is 12.0. The van der Waals surface area contributed by atoms with Crippen LogP contribution < -0.4 is 31.8 Å². The molecular formula is C19H25N5O2. The van der Waals surface area contributed by atoms with Gasteiger partial charge in [0.05, 0.1) is 7.11 Å². The first-order chi connectivity index (χ1) is 12.7. The fraction of sp³-hybridized carbons (Fsp3) is 0.316. The van der Waals surface area contributed by atoms with Crippen LogP contribution in [0.15, 0.2) is 48.5 Å². The van der Waals surface area contributed by atoms with Crippen LogP contribution in [0.1, 0.15) is 18.1 Å². The quantitative estimate of drug-likeness (QED) is 0.515. The van der Waals surface area contributed by atoms with Gasteiger partial charge in [-0.3, -0.25) is 4.79 Å². The van der Waals surface area contributed by atoms with Crippen molar-refractivity contribution in [2.45, 2.75) is 32.1 Å². The van der Waals surface area contributed by atoms with Gasteiger partial charge in [0.15, 0.2) is 0 Å². The van der Waals surface area contributed by atoms with E-state index in [9.17, 15) is 4.79 Å². The summed E-state index contributed by atoms with van der Waals surface area (Å²) in [5, 5.41) is 6.27. The van der Waals surface area contributed by atoms with Crippen LogP contribution >= 0.6 is 0 Å². The van der Waals surface area contributed by atoms with E-state index in [1.54, 1.807) is 7.11 Å². The van der Waals surface area contributed by atoms with Gasteiger partial charge in [0.25, 0.3) is 0 Å². The smallest absolute Gasteiger partial charge is 0.242 e. The van der Waals surface area contributed by atoms with Crippen LogP contribution in [0.2, 0.25) is 0 Å². The zero-order chi connectivity index (χ0) is 18.4. The summed E-state index contributed by atoms with van der Waals surface area (Å²) in [7, 11) is 1.62. The van der Waals surface area contributed by atoms with Gasteiger partial charge in [0.1, 0.15) is 18.0 Å². The van der Waals surface area contributed by atoms with Crippen molar-refractivity contribution in [3.63, 3.8) is 0 Å². The normalized spacial score (nSPS) is 19.2. The highest BCUT2D eigenvalue weighted by molar-refractivity contribution is 5.83. The van der Waals surface area contributed by atoms with Gasteiger partial charge in [-0.2, -0.15) is 5.53 Å². The highest BCUT2D eigenvalue weighted by atomic mass is 16.5. The Balaban J connectivity index is 1.59. The third-order valence-corrected chi connectivity index (χ3v) is 4.40. The lowest BCUT2D eigenvalue weighted by molar-refractivity contribution is -0.123. The zero-order valence-electron chi connectivity index (χ0n) is 15.0. The fourth-order valence-electron chi connectivity index (χ4n) is 2.86. The van der Waals surface area contributed by atoms with Crippen molar-refractivity contribution in [3.05, 3.63) is 59.7 Å². The number of aryl methyl sites for hydroxylation is 1. The van der Waals surface area contributed by atoms with Crippen LogP contribution in [-0.2, 0) is 17.8 Å². The molecule has 5 N–H and O–H groups in total. The minimum absolute atomic E-state index is 0.115. The average molecular weight is 355 g/mol. The minimum atomic E-state index is -0.462. The summed E-state index contributed by atoms with van der Waals surface area (Å²) >= 11 is 0. The number of amides is 1. The largest absolute Gasteiger partial charge is 0.496 e. The van der Waals surface area contributed by atoms with Gasteiger partial charge in [0, 0.05) is 17.8 Å². The predicted molar refractivity (Wildman–Crippen MR) is 101 cm³/mol. The molecule has 7 nitrogen and oxygen atoms in total. The Morgan fingerprint density at radius 2 is 1.88 bits per heavy atom. The number of anilines is 1. The van der Waals surface area contributed by atoms with Gasteiger partial charge in [-0.25, -0.2) is 10.9 Å². The van der Waals surface area contributed by atoms with Crippen molar-refractivity contribution in [2.24, 2.45) is 0 Å². The Bertz CT molecular complexity index is 735. The van der Waals surface area contributed by atoms with Gasteiger partial charge in [-0.05, 0) is 30.2 Å². The molecule has 1 aliphatic heterocycles. The molecule has 0 saturated carbocycles. The van der Waals surface area contributed by atoms with Crippen LogP contribution in [0.25, 0.3) is 0 Å². The first-order valence-corrected chi connectivity index (χ1v) is 8.72. The molecule has 1 aliphatic rings. The van der Waals surface area contributed by atoms with Gasteiger partial charge in [-0.1, -0.05) is 37.3 Å². The third-order valence-electron chi connectivity index (χ3n) is 4.40. The molecule has 1 heterocycles. The molecule has 0 aliphatic carbocycles. The number of hydrogen-bond acceptors (Lipinski definition) is 6. The second-order valence-corrected chi connectivity index (χ2v) is 6.09. The lowest BCUT2D eigenvalue weighted by Gasteiger charge is -2.20. The van der Waals surface area contributed by atoms with E-state index in [0.717, 1.165) is 23.4 Å². The van der Waals surface area contributed by atoms with E-state index in [2.05, 4.69) is 46.1 Å². The number of hydrogen-bond donors (Lipinski definition) is 5. The van der Waals surface area contributed by atoms with E-state index in [4.69, 9.17) is 4.74 Å². The number of ether oxygens (including phenoxy) is 1. The fourth-order valence-corrected chi connectivity index (χ4v) is 2.86. The summed E-state index contributed by atoms with van der Waals surface area (Å²) in [6.07, 6.45) is 0.721. The van der Waals surface area contributed by atoms with Gasteiger partial charge in [-0.15, -0.1) is 0 Å². The van der Waals surface area contributed by atoms with E-state index in [1.165, 1.54) is 5.56 Å². The first kappa shape index (κ1) is 18.2. The van der Waals surface area contributed by atoms with Crippen LogP contribution in [-0.4, -0.2) is 25.2 Å². The molecule has 2 unspecified atom stereocenters. The van der Waals surface area contributed by atoms with Crippen molar-refractivity contribution in [2.75, 3.05) is 12.4 Å². The summed E-state index contributed by atoms with van der Waals surface area (Å²) in [5.74, 6) is 0.644. The number of methoxy groups -OCH3 is 1. The second kappa shape index (κ2) is 8.66. The third kappa shape index (κ3) is 4.32. The van der Waals surface area contributed by atoms with Crippen LogP contribution in [0.5, 0.6) is 5.75 Å². The number of hydrazine groups is 2. The maximum absolute atomic E-state index is 12.6. The maximum atomic E-state index is 12.6. The summed E-state index contributed by atoms with van der Waals surface area (Å²) < 4.78 is 5.32. The highest BCUT2D eigenvalue weighted by Crippen LogP contribution is 2.17. The molecule has 0 spiro atoms. The molecule has 0 aromatic heterocycles. The van der Waals surface area contributed by atoms with E-state index in [-0.39, 0.29) is 12.1 Å². The van der Waals surface area contributed by atoms with Gasteiger partial charge in [0.2, 0.25) is 5.91 Å². The molecule has 1 saturated heterocycles. The molecule has 3 rings (SSSR count). The second-order valence-electron chi connectivity index (χ2n) is 6.09. The zero-order valence-corrected chi connectivity index (χ0v) is 15.0. The molecule has 7 heteroatoms. The number of carbonyl (C=O) groups is 1. The van der Waals surface area contributed by atoms with E-state index >= 15 is 0 Å². The molecule has 0 radical (unpaired) electrons. The highest BCUT2D eigenvalue weighted by Gasteiger charge is 2.32. The van der Waals surface area contributed by atoms with E-state index in [1.807, 2.05) is 36.4 Å². The molecule has 26 heavy (non-hydrogen) atoms. The molecular weight excluding hydrogens is 330 g/mol. The van der Waals surface area contributed by atoms with E-state index in [0.29, 0.717) is 6.54 Å². The summed E-state index contributed by atoms with van der Waals surface area (Å²) in [6, 6.07) is 15.4. The first-order valence-electron chi connectivity index (χ1n) is 8.72. The van der Waals surface area contributed by atoms with Gasteiger partial charge >= 0.3 is 0 Å². The minimum Gasteiger partial charge on any atom is -0.496 e. The Morgan fingerprint density at radius 3 is 2.62 bits per heavy atom. The van der Waals surface area contributed by atoms with Crippen molar-refractivity contribution in [3.8, 4) is 5.75 Å². The molecule has 138 valence electrons. The van der Waals surface area contributed by atoms with Crippen LogP contribution in [0.4, 0.5) is 5.69 Å². The van der Waals surface area contributed by atoms with Crippen molar-refractivity contribution in [1.29, 1.82) is 0 Å². The average Bonchev–Trinajstić information content (AvgIpc) is 3.15. The SMILES string of the molecule is CCc1ccc(NC2NNNC2C(=O)NCc2ccccc2OC)cc1. The topological polar surface area (TPSA) is 86.5 Å². The number of carbonyl (C=O) groups excluding carboxylic acids is 1. The van der Waals surface area contributed by atoms with E-state index < -0.39 is 6.04 Å². The molecule has 0 bridgehead atoms. The maximum Gasteiger partial charge on any atom is 0.242 e. The Hall–Kier alpha value is -2.61. The van der Waals surface area contributed by atoms with Crippen molar-refractivity contribution < 1.29 is 9.53 Å². The monoisotopic (exact) mass is 355 g/mol. The number of benzene rings is 2. The molecule has 2 aromatic rings. The number of rotatable bonds is 7. The van der Waals surface area contributed by atoms with Crippen molar-refractivity contribution in [1.82, 2.24) is 21.7 Å².